The topological polar surface area (TPSA) is 42.4 Å². The molecule has 1 aromatic carbocycles. The van der Waals surface area contributed by atoms with Crippen LogP contribution in [-0.4, -0.2) is 31.2 Å². The second-order valence-corrected chi connectivity index (χ2v) is 7.40. The number of methoxy groups -OCH3 is 1. The van der Waals surface area contributed by atoms with Gasteiger partial charge in [-0.3, -0.25) is 4.79 Å². The first kappa shape index (κ1) is 21.4. The molecule has 9 heteroatoms. The van der Waals surface area contributed by atoms with Gasteiger partial charge in [-0.05, 0) is 36.6 Å². The molecule has 0 aliphatic heterocycles. The Hall–Kier alpha value is -2.35. The fraction of sp³-hybridized carbons (Fsp3) is 0.400. The van der Waals surface area contributed by atoms with Crippen molar-refractivity contribution in [2.24, 2.45) is 5.92 Å². The van der Waals surface area contributed by atoms with Gasteiger partial charge in [0.15, 0.2) is 0 Å². The zero-order valence-corrected chi connectivity index (χ0v) is 16.5. The first-order chi connectivity index (χ1) is 13.6. The van der Waals surface area contributed by atoms with E-state index in [0.29, 0.717) is 12.8 Å². The van der Waals surface area contributed by atoms with Gasteiger partial charge in [-0.2, -0.15) is 13.2 Å². The van der Waals surface area contributed by atoms with E-state index in [1.807, 2.05) is 0 Å². The molecule has 1 fully saturated rings. The van der Waals surface area contributed by atoms with E-state index in [-0.39, 0.29) is 28.8 Å². The molecule has 1 aliphatic rings. The number of rotatable bonds is 4. The van der Waals surface area contributed by atoms with E-state index in [1.165, 1.54) is 19.2 Å². The lowest BCUT2D eigenvalue weighted by molar-refractivity contribution is -0.145. The first-order valence-corrected chi connectivity index (χ1v) is 9.30. The highest BCUT2D eigenvalue weighted by atomic mass is 35.5. The highest BCUT2D eigenvalue weighted by Crippen LogP contribution is 2.45. The minimum absolute atomic E-state index is 0.137. The van der Waals surface area contributed by atoms with E-state index in [9.17, 15) is 22.4 Å². The van der Waals surface area contributed by atoms with E-state index in [4.69, 9.17) is 16.3 Å². The van der Waals surface area contributed by atoms with Crippen LogP contribution < -0.4 is 4.90 Å². The molecule has 0 radical (unpaired) electrons. The van der Waals surface area contributed by atoms with Crippen LogP contribution in [0, 0.1) is 11.7 Å². The Morgan fingerprint density at radius 1 is 1.24 bits per heavy atom. The number of alkyl halides is 3. The number of halogens is 5. The maximum absolute atomic E-state index is 13.4. The standard InChI is InChI=1S/C20H19ClF4N2O2/c1-27(18-15(21)9-12(10-26-18)20(23,24)25)16-8-7-14(19(28)29-2)17(16)11-3-5-13(22)6-4-11/h3-6,9-10,14,16-17H,7-8H2,1-2H3/t14-,16+,17-/m1/s1. The van der Waals surface area contributed by atoms with Crippen LogP contribution in [0.2, 0.25) is 5.02 Å². The molecule has 3 atom stereocenters. The molecular formula is C20H19ClF4N2O2. The van der Waals surface area contributed by atoms with E-state index in [0.717, 1.165) is 17.8 Å². The molecule has 0 bridgehead atoms. The van der Waals surface area contributed by atoms with Crippen molar-refractivity contribution in [1.82, 2.24) is 4.98 Å². The van der Waals surface area contributed by atoms with Gasteiger partial charge in [-0.1, -0.05) is 23.7 Å². The van der Waals surface area contributed by atoms with Gasteiger partial charge in [-0.15, -0.1) is 0 Å². The molecule has 1 aliphatic carbocycles. The van der Waals surface area contributed by atoms with Crippen LogP contribution in [0.4, 0.5) is 23.4 Å². The van der Waals surface area contributed by atoms with Gasteiger partial charge in [-0.25, -0.2) is 9.37 Å². The average molecular weight is 431 g/mol. The number of hydrogen-bond donors (Lipinski definition) is 0. The van der Waals surface area contributed by atoms with Gasteiger partial charge < -0.3 is 9.64 Å². The largest absolute Gasteiger partial charge is 0.469 e. The molecule has 4 nitrogen and oxygen atoms in total. The molecule has 3 rings (SSSR count). The van der Waals surface area contributed by atoms with Crippen molar-refractivity contribution in [2.45, 2.75) is 31.0 Å². The normalized spacial score (nSPS) is 21.8. The third-order valence-corrected chi connectivity index (χ3v) is 5.64. The zero-order chi connectivity index (χ0) is 21.3. The molecule has 0 N–H and O–H groups in total. The molecule has 0 spiro atoms. The Bertz CT molecular complexity index is 889. The average Bonchev–Trinajstić information content (AvgIpc) is 3.11. The summed E-state index contributed by atoms with van der Waals surface area (Å²) in [5.41, 5.74) is -0.201. The second-order valence-electron chi connectivity index (χ2n) is 6.99. The molecule has 1 aromatic heterocycles. The lowest BCUT2D eigenvalue weighted by atomic mass is 9.86. The fourth-order valence-electron chi connectivity index (χ4n) is 3.97. The number of likely N-dealkylation sites (N-methyl/N-ethyl adjacent to an activating group) is 1. The number of nitrogens with zero attached hydrogens (tertiary/aromatic N) is 2. The minimum atomic E-state index is -4.55. The number of hydrogen-bond acceptors (Lipinski definition) is 4. The SMILES string of the molecule is COC(=O)[C@@H]1CC[C@H](N(C)c2ncc(C(F)(F)F)cc2Cl)[C@@H]1c1ccc(F)cc1. The zero-order valence-electron chi connectivity index (χ0n) is 15.7. The van der Waals surface area contributed by atoms with Crippen LogP contribution in [0.15, 0.2) is 36.5 Å². The van der Waals surface area contributed by atoms with Crippen molar-refractivity contribution in [1.29, 1.82) is 0 Å². The second kappa shape index (κ2) is 8.18. The number of ether oxygens (including phenoxy) is 1. The molecule has 1 heterocycles. The Balaban J connectivity index is 1.97. The lowest BCUT2D eigenvalue weighted by Gasteiger charge is -2.33. The number of carbonyl (C=O) groups is 1. The summed E-state index contributed by atoms with van der Waals surface area (Å²) in [5, 5.41) is -0.137. The van der Waals surface area contributed by atoms with E-state index >= 15 is 0 Å². The summed E-state index contributed by atoms with van der Waals surface area (Å²) in [6.07, 6.45) is -2.73. The van der Waals surface area contributed by atoms with Gasteiger partial charge in [0.1, 0.15) is 11.6 Å². The number of carbonyl (C=O) groups excluding carboxylic acids is 1. The summed E-state index contributed by atoms with van der Waals surface area (Å²) in [4.78, 5) is 17.9. The molecule has 0 unspecified atom stereocenters. The number of pyridine rings is 1. The van der Waals surface area contributed by atoms with Crippen LogP contribution in [0.3, 0.4) is 0 Å². The van der Waals surface area contributed by atoms with Crippen LogP contribution in [0.5, 0.6) is 0 Å². The van der Waals surface area contributed by atoms with Crippen molar-refractivity contribution >= 4 is 23.4 Å². The predicted octanol–water partition coefficient (Wildman–Crippen LogP) is 5.06. The van der Waals surface area contributed by atoms with E-state index < -0.39 is 23.5 Å². The minimum Gasteiger partial charge on any atom is -0.469 e. The summed E-state index contributed by atoms with van der Waals surface area (Å²) in [6, 6.07) is 6.37. The maximum atomic E-state index is 13.4. The van der Waals surface area contributed by atoms with Gasteiger partial charge >= 0.3 is 12.1 Å². The van der Waals surface area contributed by atoms with E-state index in [1.54, 1.807) is 24.1 Å². The molecule has 156 valence electrons. The predicted molar refractivity (Wildman–Crippen MR) is 100 cm³/mol. The monoisotopic (exact) mass is 430 g/mol. The quantitative estimate of drug-likeness (QED) is 0.502. The number of benzene rings is 1. The number of anilines is 1. The van der Waals surface area contributed by atoms with Crippen molar-refractivity contribution < 1.29 is 27.1 Å². The maximum Gasteiger partial charge on any atom is 0.417 e. The highest BCUT2D eigenvalue weighted by Gasteiger charge is 2.44. The van der Waals surface area contributed by atoms with Crippen LogP contribution >= 0.6 is 11.6 Å². The lowest BCUT2D eigenvalue weighted by Crippen LogP contribution is -2.37. The van der Waals surface area contributed by atoms with E-state index in [2.05, 4.69) is 4.98 Å². The third kappa shape index (κ3) is 4.32. The summed E-state index contributed by atoms with van der Waals surface area (Å²) >= 11 is 6.10. The van der Waals surface area contributed by atoms with Gasteiger partial charge in [0.05, 0.1) is 23.6 Å². The summed E-state index contributed by atoms with van der Waals surface area (Å²) < 4.78 is 57.0. The van der Waals surface area contributed by atoms with Crippen molar-refractivity contribution in [3.8, 4) is 0 Å². The Labute approximate surface area is 170 Å². The molecule has 0 amide bonds. The van der Waals surface area contributed by atoms with Crippen molar-refractivity contribution in [2.75, 3.05) is 19.1 Å². The van der Waals surface area contributed by atoms with Crippen molar-refractivity contribution in [3.63, 3.8) is 0 Å². The first-order valence-electron chi connectivity index (χ1n) is 8.92. The molecule has 2 aromatic rings. The third-order valence-electron chi connectivity index (χ3n) is 5.36. The van der Waals surface area contributed by atoms with Gasteiger partial charge in [0.2, 0.25) is 0 Å². The molecular weight excluding hydrogens is 412 g/mol. The Morgan fingerprint density at radius 3 is 2.45 bits per heavy atom. The number of aromatic nitrogens is 1. The number of esters is 1. The fourth-order valence-corrected chi connectivity index (χ4v) is 4.27. The summed E-state index contributed by atoms with van der Waals surface area (Å²) in [6.45, 7) is 0. The van der Waals surface area contributed by atoms with Crippen LogP contribution in [0.25, 0.3) is 0 Å². The molecule has 0 saturated heterocycles. The summed E-state index contributed by atoms with van der Waals surface area (Å²) in [7, 11) is 2.97. The Morgan fingerprint density at radius 2 is 1.90 bits per heavy atom. The summed E-state index contributed by atoms with van der Waals surface area (Å²) in [5.74, 6) is -1.43. The van der Waals surface area contributed by atoms with Crippen LogP contribution in [-0.2, 0) is 15.7 Å². The Kier molecular flexibility index (Phi) is 6.03. The van der Waals surface area contributed by atoms with Gasteiger partial charge in [0, 0.05) is 25.2 Å². The highest BCUT2D eigenvalue weighted by molar-refractivity contribution is 6.33. The molecule has 1 saturated carbocycles. The van der Waals surface area contributed by atoms with Gasteiger partial charge in [0.25, 0.3) is 0 Å². The van der Waals surface area contributed by atoms with Crippen LogP contribution in [0.1, 0.15) is 29.9 Å². The van der Waals surface area contributed by atoms with Crippen molar-refractivity contribution in [3.05, 3.63) is 58.5 Å². The smallest absolute Gasteiger partial charge is 0.417 e. The molecule has 29 heavy (non-hydrogen) atoms.